The fourth-order valence-corrected chi connectivity index (χ4v) is 3.67. The van der Waals surface area contributed by atoms with E-state index in [1.807, 2.05) is 37.0 Å². The third kappa shape index (κ3) is 3.63. The van der Waals surface area contributed by atoms with E-state index in [-0.39, 0.29) is 6.04 Å². The van der Waals surface area contributed by atoms with E-state index >= 15 is 0 Å². The van der Waals surface area contributed by atoms with Crippen molar-refractivity contribution in [2.45, 2.75) is 43.0 Å². The molecule has 6 heteroatoms. The molecule has 21 heavy (non-hydrogen) atoms. The van der Waals surface area contributed by atoms with Crippen molar-refractivity contribution in [3.05, 3.63) is 36.1 Å². The topological polar surface area (TPSA) is 55.1 Å². The van der Waals surface area contributed by atoms with Gasteiger partial charge >= 0.3 is 0 Å². The van der Waals surface area contributed by atoms with Gasteiger partial charge in [-0.2, -0.15) is 4.98 Å². The minimum Gasteiger partial charge on any atom is -0.338 e. The minimum absolute atomic E-state index is 0.201. The van der Waals surface area contributed by atoms with Crippen molar-refractivity contribution in [2.24, 2.45) is 0 Å². The van der Waals surface area contributed by atoms with Gasteiger partial charge in [0.2, 0.25) is 5.89 Å². The second-order valence-corrected chi connectivity index (χ2v) is 6.70. The van der Waals surface area contributed by atoms with Gasteiger partial charge in [-0.1, -0.05) is 11.2 Å². The largest absolute Gasteiger partial charge is 0.338 e. The second kappa shape index (κ2) is 6.58. The Morgan fingerprint density at radius 3 is 2.76 bits per heavy atom. The lowest BCUT2D eigenvalue weighted by Crippen LogP contribution is -2.36. The van der Waals surface area contributed by atoms with Crippen molar-refractivity contribution >= 4 is 11.8 Å². The highest BCUT2D eigenvalue weighted by Crippen LogP contribution is 2.31. The second-order valence-electron chi connectivity index (χ2n) is 5.38. The van der Waals surface area contributed by atoms with Crippen LogP contribution in [-0.4, -0.2) is 38.4 Å². The molecule has 0 spiro atoms. The lowest BCUT2D eigenvalue weighted by molar-refractivity contribution is 0.148. The molecular weight excluding hydrogens is 284 g/mol. The van der Waals surface area contributed by atoms with Gasteiger partial charge in [-0.25, -0.2) is 4.98 Å². The molecule has 112 valence electrons. The Labute approximate surface area is 129 Å². The first kappa shape index (κ1) is 14.5. The lowest BCUT2D eigenvalue weighted by Gasteiger charge is -2.34. The Bertz CT molecular complexity index is 566. The fourth-order valence-electron chi connectivity index (χ4n) is 2.61. The van der Waals surface area contributed by atoms with Gasteiger partial charge in [0.05, 0.1) is 11.1 Å². The number of thioether (sulfide) groups is 1. The van der Waals surface area contributed by atoms with Crippen LogP contribution in [0, 0.1) is 6.92 Å². The van der Waals surface area contributed by atoms with E-state index in [9.17, 15) is 0 Å². The number of hydrogen-bond acceptors (Lipinski definition) is 6. The number of aryl methyl sites for hydroxylation is 1. The molecule has 0 N–H and O–H groups in total. The maximum Gasteiger partial charge on any atom is 0.243 e. The van der Waals surface area contributed by atoms with Gasteiger partial charge in [0.1, 0.15) is 0 Å². The molecule has 2 aromatic heterocycles. The molecule has 3 rings (SSSR count). The summed E-state index contributed by atoms with van der Waals surface area (Å²) in [6, 6.07) is 6.29. The van der Waals surface area contributed by atoms with Crippen LogP contribution in [-0.2, 0) is 0 Å². The lowest BCUT2D eigenvalue weighted by atomic mass is 10.1. The van der Waals surface area contributed by atoms with Crippen LogP contribution in [0.25, 0.3) is 0 Å². The standard InChI is InChI=1S/C15H20N4OS/c1-11(15-17-12(2)18-20-15)19-9-6-13(7-10-19)21-14-5-3-4-8-16-14/h3-5,8,11,13H,6-7,9-10H2,1-2H3/t11-/m0/s1. The summed E-state index contributed by atoms with van der Waals surface area (Å²) in [4.78, 5) is 11.2. The molecule has 0 amide bonds. The van der Waals surface area contributed by atoms with Crippen molar-refractivity contribution in [1.29, 1.82) is 0 Å². The average molecular weight is 304 g/mol. The minimum atomic E-state index is 0.201. The van der Waals surface area contributed by atoms with Crippen LogP contribution < -0.4 is 0 Å². The first-order valence-corrected chi connectivity index (χ1v) is 8.22. The molecule has 0 unspecified atom stereocenters. The number of likely N-dealkylation sites (tertiary alicyclic amines) is 1. The number of pyridine rings is 1. The van der Waals surface area contributed by atoms with Crippen molar-refractivity contribution in [2.75, 3.05) is 13.1 Å². The first-order chi connectivity index (χ1) is 10.2. The zero-order valence-electron chi connectivity index (χ0n) is 12.4. The average Bonchev–Trinajstić information content (AvgIpc) is 2.95. The quantitative estimate of drug-likeness (QED) is 0.865. The molecule has 0 radical (unpaired) electrons. The van der Waals surface area contributed by atoms with Crippen molar-refractivity contribution in [3.8, 4) is 0 Å². The van der Waals surface area contributed by atoms with Crippen LogP contribution in [0.3, 0.4) is 0 Å². The van der Waals surface area contributed by atoms with Crippen molar-refractivity contribution in [1.82, 2.24) is 20.0 Å². The Morgan fingerprint density at radius 1 is 1.33 bits per heavy atom. The van der Waals surface area contributed by atoms with E-state index in [1.54, 1.807) is 0 Å². The third-order valence-corrected chi connectivity index (χ3v) is 5.14. The molecule has 1 aliphatic rings. The van der Waals surface area contributed by atoms with Crippen LogP contribution in [0.4, 0.5) is 0 Å². The number of aromatic nitrogens is 3. The van der Waals surface area contributed by atoms with Gasteiger partial charge < -0.3 is 4.52 Å². The molecule has 1 fully saturated rings. The molecule has 2 aromatic rings. The summed E-state index contributed by atoms with van der Waals surface area (Å²) in [5, 5.41) is 5.65. The molecule has 0 bridgehead atoms. The molecule has 1 saturated heterocycles. The predicted octanol–water partition coefficient (Wildman–Crippen LogP) is 3.09. The Kier molecular flexibility index (Phi) is 4.55. The highest BCUT2D eigenvalue weighted by Gasteiger charge is 2.27. The summed E-state index contributed by atoms with van der Waals surface area (Å²) in [5.74, 6) is 1.43. The summed E-state index contributed by atoms with van der Waals surface area (Å²) in [7, 11) is 0. The normalized spacial score (nSPS) is 18.8. The van der Waals surface area contributed by atoms with Crippen LogP contribution in [0.2, 0.25) is 0 Å². The number of nitrogens with zero attached hydrogens (tertiary/aromatic N) is 4. The zero-order valence-corrected chi connectivity index (χ0v) is 13.2. The van der Waals surface area contributed by atoms with E-state index in [0.29, 0.717) is 11.1 Å². The van der Waals surface area contributed by atoms with Crippen LogP contribution in [0.15, 0.2) is 33.9 Å². The summed E-state index contributed by atoms with van der Waals surface area (Å²) in [5.41, 5.74) is 0. The van der Waals surface area contributed by atoms with Gasteiger partial charge in [-0.3, -0.25) is 4.90 Å². The third-order valence-electron chi connectivity index (χ3n) is 3.85. The van der Waals surface area contributed by atoms with Crippen molar-refractivity contribution < 1.29 is 4.52 Å². The molecule has 0 saturated carbocycles. The summed E-state index contributed by atoms with van der Waals surface area (Å²) in [6.07, 6.45) is 4.19. The number of rotatable bonds is 4. The molecule has 5 nitrogen and oxygen atoms in total. The highest BCUT2D eigenvalue weighted by atomic mass is 32.2. The van der Waals surface area contributed by atoms with Gasteiger partial charge in [0, 0.05) is 11.4 Å². The molecule has 3 heterocycles. The van der Waals surface area contributed by atoms with E-state index in [0.717, 1.165) is 24.0 Å². The van der Waals surface area contributed by atoms with Crippen LogP contribution >= 0.6 is 11.8 Å². The molecular formula is C15H20N4OS. The van der Waals surface area contributed by atoms with Crippen LogP contribution in [0.5, 0.6) is 0 Å². The van der Waals surface area contributed by atoms with E-state index in [2.05, 4.69) is 33.0 Å². The predicted molar refractivity (Wildman–Crippen MR) is 82.1 cm³/mol. The van der Waals surface area contributed by atoms with Crippen LogP contribution in [0.1, 0.15) is 37.5 Å². The maximum absolute atomic E-state index is 5.28. The van der Waals surface area contributed by atoms with Gasteiger partial charge in [-0.05, 0) is 51.9 Å². The smallest absolute Gasteiger partial charge is 0.243 e. The van der Waals surface area contributed by atoms with Gasteiger partial charge in [0.15, 0.2) is 5.82 Å². The fraction of sp³-hybridized carbons (Fsp3) is 0.533. The zero-order chi connectivity index (χ0) is 14.7. The van der Waals surface area contributed by atoms with E-state index < -0.39 is 0 Å². The monoisotopic (exact) mass is 304 g/mol. The highest BCUT2D eigenvalue weighted by molar-refractivity contribution is 7.99. The number of hydrogen-bond donors (Lipinski definition) is 0. The van der Waals surface area contributed by atoms with Crippen molar-refractivity contribution in [3.63, 3.8) is 0 Å². The summed E-state index contributed by atoms with van der Waals surface area (Å²) >= 11 is 1.89. The van der Waals surface area contributed by atoms with E-state index in [1.165, 1.54) is 12.8 Å². The van der Waals surface area contributed by atoms with Gasteiger partial charge in [0.25, 0.3) is 0 Å². The summed E-state index contributed by atoms with van der Waals surface area (Å²) < 4.78 is 5.28. The Balaban J connectivity index is 1.53. The SMILES string of the molecule is Cc1noc([C@H](C)N2CCC(Sc3ccccn3)CC2)n1. The van der Waals surface area contributed by atoms with E-state index in [4.69, 9.17) is 4.52 Å². The molecule has 1 aliphatic heterocycles. The Morgan fingerprint density at radius 2 is 2.14 bits per heavy atom. The number of piperidine rings is 1. The molecule has 0 aliphatic carbocycles. The molecule has 0 aromatic carbocycles. The maximum atomic E-state index is 5.28. The Hall–Kier alpha value is -1.40. The first-order valence-electron chi connectivity index (χ1n) is 7.34. The molecule has 1 atom stereocenters. The summed E-state index contributed by atoms with van der Waals surface area (Å²) in [6.45, 7) is 6.12. The van der Waals surface area contributed by atoms with Gasteiger partial charge in [-0.15, -0.1) is 11.8 Å².